The summed E-state index contributed by atoms with van der Waals surface area (Å²) in [6.07, 6.45) is 1.59. The van der Waals surface area contributed by atoms with Crippen LogP contribution in [0.4, 0.5) is 0 Å². The van der Waals surface area contributed by atoms with Gasteiger partial charge in [-0.3, -0.25) is 4.79 Å². The SMILES string of the molecule is CC(=O)N(CCNS(=O)(=O)c1ccccc1)C1CCOCC1. The van der Waals surface area contributed by atoms with Crippen LogP contribution < -0.4 is 4.72 Å². The van der Waals surface area contributed by atoms with Gasteiger partial charge >= 0.3 is 0 Å². The number of hydrogen-bond acceptors (Lipinski definition) is 4. The van der Waals surface area contributed by atoms with Gasteiger partial charge in [0.2, 0.25) is 15.9 Å². The molecule has 0 aliphatic carbocycles. The Morgan fingerprint density at radius 1 is 1.27 bits per heavy atom. The van der Waals surface area contributed by atoms with Gasteiger partial charge in [0.1, 0.15) is 0 Å². The average molecular weight is 326 g/mol. The van der Waals surface area contributed by atoms with Gasteiger partial charge in [0.15, 0.2) is 0 Å². The van der Waals surface area contributed by atoms with Gasteiger partial charge < -0.3 is 9.64 Å². The first-order valence-corrected chi connectivity index (χ1v) is 8.88. The Morgan fingerprint density at radius 2 is 1.91 bits per heavy atom. The third-order valence-electron chi connectivity index (χ3n) is 3.73. The quantitative estimate of drug-likeness (QED) is 0.846. The van der Waals surface area contributed by atoms with Gasteiger partial charge in [-0.25, -0.2) is 13.1 Å². The predicted molar refractivity (Wildman–Crippen MR) is 82.9 cm³/mol. The second-order valence-electron chi connectivity index (χ2n) is 5.27. The third-order valence-corrected chi connectivity index (χ3v) is 5.21. The molecule has 1 aliphatic rings. The Morgan fingerprint density at radius 3 is 2.50 bits per heavy atom. The maximum Gasteiger partial charge on any atom is 0.240 e. The Labute approximate surface area is 131 Å². The zero-order valence-corrected chi connectivity index (χ0v) is 13.5. The molecule has 1 aromatic rings. The van der Waals surface area contributed by atoms with E-state index in [0.29, 0.717) is 19.8 Å². The van der Waals surface area contributed by atoms with Gasteiger partial charge in [-0.1, -0.05) is 18.2 Å². The lowest BCUT2D eigenvalue weighted by molar-refractivity contribution is -0.132. The number of nitrogens with one attached hydrogen (secondary N) is 1. The van der Waals surface area contributed by atoms with Crippen molar-refractivity contribution >= 4 is 15.9 Å². The van der Waals surface area contributed by atoms with Crippen molar-refractivity contribution in [3.05, 3.63) is 30.3 Å². The van der Waals surface area contributed by atoms with Crippen molar-refractivity contribution in [1.29, 1.82) is 0 Å². The first kappa shape index (κ1) is 16.9. The van der Waals surface area contributed by atoms with Crippen molar-refractivity contribution in [2.45, 2.75) is 30.7 Å². The minimum Gasteiger partial charge on any atom is -0.381 e. The molecule has 1 heterocycles. The molecule has 1 aliphatic heterocycles. The van der Waals surface area contributed by atoms with Crippen LogP contribution >= 0.6 is 0 Å². The number of carbonyl (C=O) groups is 1. The van der Waals surface area contributed by atoms with Gasteiger partial charge in [-0.2, -0.15) is 0 Å². The molecule has 7 heteroatoms. The summed E-state index contributed by atoms with van der Waals surface area (Å²) in [6, 6.07) is 8.35. The topological polar surface area (TPSA) is 75.7 Å². The molecule has 0 spiro atoms. The minimum atomic E-state index is -3.53. The van der Waals surface area contributed by atoms with Crippen LogP contribution in [0.3, 0.4) is 0 Å². The van der Waals surface area contributed by atoms with Gasteiger partial charge in [0.25, 0.3) is 0 Å². The van der Waals surface area contributed by atoms with E-state index in [2.05, 4.69) is 4.72 Å². The maximum atomic E-state index is 12.1. The predicted octanol–water partition coefficient (Wildman–Crippen LogP) is 0.992. The van der Waals surface area contributed by atoms with E-state index in [1.54, 1.807) is 35.2 Å². The van der Waals surface area contributed by atoms with E-state index >= 15 is 0 Å². The molecular formula is C15H22N2O4S. The number of rotatable bonds is 6. The summed E-state index contributed by atoms with van der Waals surface area (Å²) < 4.78 is 32.1. The molecule has 0 atom stereocenters. The van der Waals surface area contributed by atoms with Gasteiger partial charge in [-0.05, 0) is 25.0 Å². The van der Waals surface area contributed by atoms with E-state index in [-0.39, 0.29) is 23.4 Å². The first-order valence-electron chi connectivity index (χ1n) is 7.40. The maximum absolute atomic E-state index is 12.1. The van der Waals surface area contributed by atoms with E-state index < -0.39 is 10.0 Å². The van der Waals surface area contributed by atoms with E-state index in [1.165, 1.54) is 6.92 Å². The number of carbonyl (C=O) groups excluding carboxylic acids is 1. The number of ether oxygens (including phenoxy) is 1. The average Bonchev–Trinajstić information content (AvgIpc) is 2.53. The molecule has 0 aromatic heterocycles. The van der Waals surface area contributed by atoms with E-state index in [9.17, 15) is 13.2 Å². The molecule has 0 bridgehead atoms. The van der Waals surface area contributed by atoms with E-state index in [0.717, 1.165) is 12.8 Å². The monoisotopic (exact) mass is 326 g/mol. The first-order chi connectivity index (χ1) is 10.5. The highest BCUT2D eigenvalue weighted by Gasteiger charge is 2.23. The second-order valence-corrected chi connectivity index (χ2v) is 7.03. The Hall–Kier alpha value is -1.44. The second kappa shape index (κ2) is 7.71. The van der Waals surface area contributed by atoms with Gasteiger partial charge in [0.05, 0.1) is 4.90 Å². The summed E-state index contributed by atoms with van der Waals surface area (Å²) in [7, 11) is -3.53. The molecule has 0 unspecified atom stereocenters. The molecule has 22 heavy (non-hydrogen) atoms. The number of sulfonamides is 1. The summed E-state index contributed by atoms with van der Waals surface area (Å²) in [5.41, 5.74) is 0. The number of amides is 1. The van der Waals surface area contributed by atoms with Crippen LogP contribution in [0.5, 0.6) is 0 Å². The molecule has 0 saturated carbocycles. The van der Waals surface area contributed by atoms with Crippen molar-refractivity contribution in [1.82, 2.24) is 9.62 Å². The molecule has 2 rings (SSSR count). The smallest absolute Gasteiger partial charge is 0.240 e. The lowest BCUT2D eigenvalue weighted by atomic mass is 10.1. The van der Waals surface area contributed by atoms with Gasteiger partial charge in [-0.15, -0.1) is 0 Å². The van der Waals surface area contributed by atoms with Crippen molar-refractivity contribution in [3.63, 3.8) is 0 Å². The lowest BCUT2D eigenvalue weighted by Gasteiger charge is -2.33. The largest absolute Gasteiger partial charge is 0.381 e. The lowest BCUT2D eigenvalue weighted by Crippen LogP contribution is -2.46. The summed E-state index contributed by atoms with van der Waals surface area (Å²) in [4.78, 5) is 13.7. The molecule has 1 saturated heterocycles. The summed E-state index contributed by atoms with van der Waals surface area (Å²) >= 11 is 0. The van der Waals surface area contributed by atoms with Crippen LogP contribution in [-0.2, 0) is 19.6 Å². The zero-order valence-electron chi connectivity index (χ0n) is 12.7. The Kier molecular flexibility index (Phi) is 5.93. The van der Waals surface area contributed by atoms with Crippen LogP contribution in [-0.4, -0.2) is 51.6 Å². The Balaban J connectivity index is 1.91. The highest BCUT2D eigenvalue weighted by molar-refractivity contribution is 7.89. The van der Waals surface area contributed by atoms with Crippen molar-refractivity contribution in [2.24, 2.45) is 0 Å². The van der Waals surface area contributed by atoms with Crippen LogP contribution in [0, 0.1) is 0 Å². The summed E-state index contributed by atoms with van der Waals surface area (Å²) in [5.74, 6) is -0.0363. The summed E-state index contributed by atoms with van der Waals surface area (Å²) in [5, 5.41) is 0. The van der Waals surface area contributed by atoms with Crippen LogP contribution in [0.2, 0.25) is 0 Å². The van der Waals surface area contributed by atoms with Crippen molar-refractivity contribution in [2.75, 3.05) is 26.3 Å². The molecule has 1 aromatic carbocycles. The molecule has 0 radical (unpaired) electrons. The highest BCUT2D eigenvalue weighted by atomic mass is 32.2. The molecule has 6 nitrogen and oxygen atoms in total. The van der Waals surface area contributed by atoms with E-state index in [4.69, 9.17) is 4.74 Å². The fraction of sp³-hybridized carbons (Fsp3) is 0.533. The molecule has 1 N–H and O–H groups in total. The Bertz CT molecular complexity index is 583. The minimum absolute atomic E-state index is 0.0363. The van der Waals surface area contributed by atoms with Crippen LogP contribution in [0.25, 0.3) is 0 Å². The number of benzene rings is 1. The van der Waals surface area contributed by atoms with Crippen LogP contribution in [0.1, 0.15) is 19.8 Å². The highest BCUT2D eigenvalue weighted by Crippen LogP contribution is 2.14. The summed E-state index contributed by atoms with van der Waals surface area (Å²) in [6.45, 7) is 3.37. The van der Waals surface area contributed by atoms with Crippen molar-refractivity contribution in [3.8, 4) is 0 Å². The third kappa shape index (κ3) is 4.53. The molecule has 122 valence electrons. The van der Waals surface area contributed by atoms with Crippen molar-refractivity contribution < 1.29 is 17.9 Å². The normalized spacial score (nSPS) is 16.4. The molecular weight excluding hydrogens is 304 g/mol. The van der Waals surface area contributed by atoms with E-state index in [1.807, 2.05) is 0 Å². The zero-order chi connectivity index (χ0) is 16.0. The number of hydrogen-bond donors (Lipinski definition) is 1. The number of nitrogens with zero attached hydrogens (tertiary/aromatic N) is 1. The van der Waals surface area contributed by atoms with Gasteiger partial charge in [0, 0.05) is 39.3 Å². The van der Waals surface area contributed by atoms with Crippen LogP contribution in [0.15, 0.2) is 35.2 Å². The molecule has 1 amide bonds. The molecule has 1 fully saturated rings. The fourth-order valence-corrected chi connectivity index (χ4v) is 3.62. The fourth-order valence-electron chi connectivity index (χ4n) is 2.58. The standard InChI is InChI=1S/C15H22N2O4S/c1-13(18)17(14-7-11-21-12-8-14)10-9-16-22(19,20)15-5-3-2-4-6-15/h2-6,14,16H,7-12H2,1H3.